The van der Waals surface area contributed by atoms with E-state index in [4.69, 9.17) is 0 Å². The van der Waals surface area contributed by atoms with Crippen molar-refractivity contribution in [3.63, 3.8) is 0 Å². The van der Waals surface area contributed by atoms with E-state index in [9.17, 15) is 0 Å². The fourth-order valence-electron chi connectivity index (χ4n) is 5.23. The SMILES string of the molecule is Cc1cc2c3c4c1C(C)(C)CCN4CCC3CC2(C)C. The molecule has 20 heavy (non-hydrogen) atoms. The molecule has 2 heterocycles. The van der Waals surface area contributed by atoms with E-state index in [1.807, 2.05) is 0 Å². The highest BCUT2D eigenvalue weighted by atomic mass is 15.2. The van der Waals surface area contributed by atoms with Crippen LogP contribution in [0.4, 0.5) is 5.69 Å². The van der Waals surface area contributed by atoms with Crippen LogP contribution in [0.15, 0.2) is 6.07 Å². The Bertz CT molecular complexity index is 594. The van der Waals surface area contributed by atoms with E-state index in [2.05, 4.69) is 45.6 Å². The molecule has 1 unspecified atom stereocenters. The van der Waals surface area contributed by atoms with Crippen LogP contribution in [0.3, 0.4) is 0 Å². The normalized spacial score (nSPS) is 28.4. The number of benzene rings is 1. The number of nitrogens with zero attached hydrogens (tertiary/aromatic N) is 1. The molecular formula is C19H27N. The lowest BCUT2D eigenvalue weighted by Crippen LogP contribution is -2.41. The van der Waals surface area contributed by atoms with Crippen molar-refractivity contribution in [2.24, 2.45) is 0 Å². The van der Waals surface area contributed by atoms with Crippen molar-refractivity contribution in [3.05, 3.63) is 28.3 Å². The highest BCUT2D eigenvalue weighted by Crippen LogP contribution is 2.57. The summed E-state index contributed by atoms with van der Waals surface area (Å²) in [6.07, 6.45) is 4.02. The summed E-state index contributed by atoms with van der Waals surface area (Å²) in [7, 11) is 0. The van der Waals surface area contributed by atoms with E-state index >= 15 is 0 Å². The van der Waals surface area contributed by atoms with Gasteiger partial charge in [-0.25, -0.2) is 0 Å². The molecule has 1 nitrogen and oxygen atoms in total. The Morgan fingerprint density at radius 1 is 1.10 bits per heavy atom. The minimum absolute atomic E-state index is 0.347. The number of aryl methyl sites for hydroxylation is 1. The van der Waals surface area contributed by atoms with Crippen molar-refractivity contribution in [3.8, 4) is 0 Å². The first-order valence-electron chi connectivity index (χ1n) is 8.25. The zero-order valence-electron chi connectivity index (χ0n) is 13.6. The standard InChI is InChI=1S/C19H27N/c1-12-10-14-15-13(11-19(14,4)5)6-8-20-9-7-18(2,3)16(12)17(15)20/h10,13H,6-9,11H2,1-5H3. The van der Waals surface area contributed by atoms with E-state index in [0.29, 0.717) is 10.8 Å². The molecule has 0 bridgehead atoms. The maximum atomic E-state index is 2.70. The molecule has 4 rings (SSSR count). The van der Waals surface area contributed by atoms with Gasteiger partial charge in [0.15, 0.2) is 0 Å². The van der Waals surface area contributed by atoms with E-state index in [1.165, 1.54) is 37.9 Å². The van der Waals surface area contributed by atoms with Crippen LogP contribution in [0.2, 0.25) is 0 Å². The van der Waals surface area contributed by atoms with E-state index in [-0.39, 0.29) is 0 Å². The zero-order valence-corrected chi connectivity index (χ0v) is 13.6. The Labute approximate surface area is 123 Å². The Morgan fingerprint density at radius 3 is 2.60 bits per heavy atom. The first-order chi connectivity index (χ1) is 9.31. The van der Waals surface area contributed by atoms with Crippen LogP contribution < -0.4 is 4.90 Å². The van der Waals surface area contributed by atoms with Gasteiger partial charge in [0.05, 0.1) is 0 Å². The molecule has 1 aromatic carbocycles. The van der Waals surface area contributed by atoms with E-state index < -0.39 is 0 Å². The molecule has 1 aromatic rings. The third-order valence-corrected chi connectivity index (χ3v) is 6.18. The summed E-state index contributed by atoms with van der Waals surface area (Å²) in [6, 6.07) is 2.53. The quantitative estimate of drug-likeness (QED) is 0.662. The number of anilines is 1. The molecule has 0 saturated carbocycles. The van der Waals surface area contributed by atoms with E-state index in [1.54, 1.807) is 22.4 Å². The average Bonchev–Trinajstić information content (AvgIpc) is 2.60. The smallest absolute Gasteiger partial charge is 0.0445 e. The van der Waals surface area contributed by atoms with Crippen LogP contribution >= 0.6 is 0 Å². The molecule has 0 aromatic heterocycles. The van der Waals surface area contributed by atoms with Gasteiger partial charge in [0.25, 0.3) is 0 Å². The molecule has 3 aliphatic rings. The molecule has 1 atom stereocenters. The third-order valence-electron chi connectivity index (χ3n) is 6.18. The molecule has 1 aliphatic carbocycles. The van der Waals surface area contributed by atoms with Gasteiger partial charge in [0.2, 0.25) is 0 Å². The van der Waals surface area contributed by atoms with Crippen molar-refractivity contribution >= 4 is 5.69 Å². The first-order valence-corrected chi connectivity index (χ1v) is 8.25. The van der Waals surface area contributed by atoms with Crippen LogP contribution in [-0.4, -0.2) is 13.1 Å². The molecule has 2 aliphatic heterocycles. The Kier molecular flexibility index (Phi) is 2.30. The topological polar surface area (TPSA) is 3.24 Å². The Hall–Kier alpha value is -0.980. The maximum absolute atomic E-state index is 2.70. The lowest BCUT2D eigenvalue weighted by Gasteiger charge is -2.46. The molecule has 0 fully saturated rings. The molecule has 0 amide bonds. The lowest BCUT2D eigenvalue weighted by atomic mass is 9.71. The minimum Gasteiger partial charge on any atom is -0.371 e. The zero-order chi connectivity index (χ0) is 14.3. The van der Waals surface area contributed by atoms with Crippen LogP contribution in [0.1, 0.15) is 75.1 Å². The average molecular weight is 269 g/mol. The number of rotatable bonds is 0. The lowest BCUT2D eigenvalue weighted by molar-refractivity contribution is 0.422. The van der Waals surface area contributed by atoms with Gasteiger partial charge in [0, 0.05) is 18.8 Å². The summed E-state index contributed by atoms with van der Waals surface area (Å²) >= 11 is 0. The molecule has 0 saturated heterocycles. The van der Waals surface area contributed by atoms with Crippen molar-refractivity contribution in [1.82, 2.24) is 0 Å². The van der Waals surface area contributed by atoms with E-state index in [0.717, 1.165) is 5.92 Å². The predicted molar refractivity (Wildman–Crippen MR) is 86.0 cm³/mol. The summed E-state index contributed by atoms with van der Waals surface area (Å²) < 4.78 is 0. The maximum Gasteiger partial charge on any atom is 0.0445 e. The predicted octanol–water partition coefficient (Wildman–Crippen LogP) is 4.65. The summed E-state index contributed by atoms with van der Waals surface area (Å²) in [5, 5.41) is 0. The number of hydrogen-bond acceptors (Lipinski definition) is 1. The summed E-state index contributed by atoms with van der Waals surface area (Å²) in [6.45, 7) is 14.7. The monoisotopic (exact) mass is 269 g/mol. The number of hydrogen-bond donors (Lipinski definition) is 0. The van der Waals surface area contributed by atoms with Gasteiger partial charge in [-0.15, -0.1) is 0 Å². The molecule has 0 N–H and O–H groups in total. The molecule has 1 heteroatoms. The second-order valence-electron chi connectivity index (χ2n) is 8.57. The van der Waals surface area contributed by atoms with Crippen LogP contribution in [0, 0.1) is 6.92 Å². The fraction of sp³-hybridized carbons (Fsp3) is 0.684. The van der Waals surface area contributed by atoms with Gasteiger partial charge >= 0.3 is 0 Å². The van der Waals surface area contributed by atoms with Gasteiger partial charge in [-0.3, -0.25) is 0 Å². The second-order valence-corrected chi connectivity index (χ2v) is 8.57. The van der Waals surface area contributed by atoms with Gasteiger partial charge < -0.3 is 4.90 Å². The van der Waals surface area contributed by atoms with Gasteiger partial charge in [0.1, 0.15) is 0 Å². The largest absolute Gasteiger partial charge is 0.371 e. The van der Waals surface area contributed by atoms with Gasteiger partial charge in [-0.05, 0) is 65.2 Å². The summed E-state index contributed by atoms with van der Waals surface area (Å²) in [4.78, 5) is 2.70. The van der Waals surface area contributed by atoms with Crippen molar-refractivity contribution in [2.75, 3.05) is 18.0 Å². The van der Waals surface area contributed by atoms with Crippen LogP contribution in [-0.2, 0) is 10.8 Å². The molecular weight excluding hydrogens is 242 g/mol. The third kappa shape index (κ3) is 1.44. The Morgan fingerprint density at radius 2 is 1.85 bits per heavy atom. The summed E-state index contributed by atoms with van der Waals surface area (Å²) in [5.41, 5.74) is 8.94. The molecule has 108 valence electrons. The van der Waals surface area contributed by atoms with Crippen LogP contribution in [0.5, 0.6) is 0 Å². The minimum atomic E-state index is 0.347. The fourth-order valence-corrected chi connectivity index (χ4v) is 5.23. The summed E-state index contributed by atoms with van der Waals surface area (Å²) in [5.74, 6) is 0.819. The van der Waals surface area contributed by atoms with Crippen molar-refractivity contribution < 1.29 is 0 Å². The first kappa shape index (κ1) is 12.7. The molecule has 0 radical (unpaired) electrons. The van der Waals surface area contributed by atoms with Gasteiger partial charge in [-0.1, -0.05) is 33.8 Å². The molecule has 0 spiro atoms. The highest BCUT2D eigenvalue weighted by molar-refractivity contribution is 5.73. The Balaban J connectivity index is 2.08. The second kappa shape index (κ2) is 3.61. The van der Waals surface area contributed by atoms with Gasteiger partial charge in [-0.2, -0.15) is 0 Å². The highest BCUT2D eigenvalue weighted by Gasteiger charge is 2.46. The van der Waals surface area contributed by atoms with Crippen molar-refractivity contribution in [1.29, 1.82) is 0 Å². The van der Waals surface area contributed by atoms with Crippen molar-refractivity contribution in [2.45, 2.75) is 70.6 Å². The van der Waals surface area contributed by atoms with Crippen LogP contribution in [0.25, 0.3) is 0 Å².